The van der Waals surface area contributed by atoms with E-state index in [2.05, 4.69) is 30.8 Å². The van der Waals surface area contributed by atoms with Gasteiger partial charge in [-0.05, 0) is 48.4 Å². The number of carbonyl (C=O) groups excluding carboxylic acids is 1. The van der Waals surface area contributed by atoms with Gasteiger partial charge in [0.1, 0.15) is 0 Å². The molecule has 2 aromatic carbocycles. The number of nitrogens with zero attached hydrogens (tertiary/aromatic N) is 3. The maximum atomic E-state index is 12.5. The summed E-state index contributed by atoms with van der Waals surface area (Å²) in [5.74, 6) is 0.900. The van der Waals surface area contributed by atoms with E-state index in [4.69, 9.17) is 0 Å². The molecule has 172 valence electrons. The molecule has 1 aliphatic rings. The summed E-state index contributed by atoms with van der Waals surface area (Å²) in [6.45, 7) is 3.74. The van der Waals surface area contributed by atoms with E-state index in [1.165, 1.54) is 0 Å². The summed E-state index contributed by atoms with van der Waals surface area (Å²) in [6.07, 6.45) is 3.31. The highest BCUT2D eigenvalue weighted by atomic mass is 32.2. The monoisotopic (exact) mass is 466 g/mol. The molecule has 1 fully saturated rings. The second kappa shape index (κ2) is 9.97. The third-order valence-corrected chi connectivity index (χ3v) is 6.97. The van der Waals surface area contributed by atoms with E-state index < -0.39 is 9.84 Å². The fraction of sp³-hybridized carbons (Fsp3) is 0.261. The predicted octanol–water partition coefficient (Wildman–Crippen LogP) is 3.40. The Hall–Kier alpha value is -3.50. The molecule has 1 aliphatic heterocycles. The van der Waals surface area contributed by atoms with E-state index in [1.54, 1.807) is 18.5 Å². The average molecular weight is 467 g/mol. The lowest BCUT2D eigenvalue weighted by molar-refractivity contribution is 0.262. The van der Waals surface area contributed by atoms with Gasteiger partial charge in [-0.2, -0.15) is 0 Å². The molecule has 1 aromatic heterocycles. The molecule has 2 amide bonds. The van der Waals surface area contributed by atoms with Crippen molar-refractivity contribution in [2.45, 2.75) is 13.5 Å². The lowest BCUT2D eigenvalue weighted by Gasteiger charge is -2.26. The maximum absolute atomic E-state index is 12.5. The molecule has 4 rings (SSSR count). The Morgan fingerprint density at radius 2 is 1.61 bits per heavy atom. The summed E-state index contributed by atoms with van der Waals surface area (Å²) in [5.41, 5.74) is 4.16. The zero-order valence-corrected chi connectivity index (χ0v) is 19.1. The highest BCUT2D eigenvalue weighted by Crippen LogP contribution is 2.23. The molecule has 0 atom stereocenters. The van der Waals surface area contributed by atoms with E-state index in [1.807, 2.05) is 49.4 Å². The molecule has 2 heterocycles. The molecule has 1 saturated heterocycles. The van der Waals surface area contributed by atoms with Crippen LogP contribution in [0.3, 0.4) is 0 Å². The first kappa shape index (κ1) is 22.7. The number of rotatable bonds is 6. The summed E-state index contributed by atoms with van der Waals surface area (Å²) in [4.78, 5) is 22.9. The van der Waals surface area contributed by atoms with Crippen LogP contribution in [-0.2, 0) is 16.4 Å². The van der Waals surface area contributed by atoms with E-state index in [-0.39, 0.29) is 17.5 Å². The topological polar surface area (TPSA) is 116 Å². The maximum Gasteiger partial charge on any atom is 0.323 e. The first-order chi connectivity index (χ1) is 15.9. The summed E-state index contributed by atoms with van der Waals surface area (Å²) < 4.78 is 23.1. The highest BCUT2D eigenvalue weighted by molar-refractivity contribution is 7.91. The van der Waals surface area contributed by atoms with Gasteiger partial charge in [-0.1, -0.05) is 18.2 Å². The third-order valence-electron chi connectivity index (χ3n) is 5.36. The summed E-state index contributed by atoms with van der Waals surface area (Å²) in [5, 5.41) is 8.81. The zero-order valence-electron chi connectivity index (χ0n) is 18.3. The Labute approximate surface area is 193 Å². The average Bonchev–Trinajstić information content (AvgIpc) is 2.79. The number of nitrogens with one attached hydrogen (secondary N) is 3. The molecular weight excluding hydrogens is 440 g/mol. The van der Waals surface area contributed by atoms with Gasteiger partial charge in [-0.15, -0.1) is 0 Å². The van der Waals surface area contributed by atoms with Gasteiger partial charge in [-0.3, -0.25) is 4.90 Å². The Kier molecular flexibility index (Phi) is 6.85. The number of hydrogen-bond donors (Lipinski definition) is 3. The molecule has 33 heavy (non-hydrogen) atoms. The van der Waals surface area contributed by atoms with Gasteiger partial charge in [0, 0.05) is 49.1 Å². The van der Waals surface area contributed by atoms with Gasteiger partial charge >= 0.3 is 6.03 Å². The minimum absolute atomic E-state index is 0.210. The van der Waals surface area contributed by atoms with E-state index >= 15 is 0 Å². The van der Waals surface area contributed by atoms with Gasteiger partial charge in [-0.25, -0.2) is 23.2 Å². The van der Waals surface area contributed by atoms with Crippen LogP contribution in [-0.4, -0.2) is 53.9 Å². The molecule has 0 unspecified atom stereocenters. The van der Waals surface area contributed by atoms with Crippen molar-refractivity contribution in [2.24, 2.45) is 0 Å². The standard InChI is InChI=1S/C23H26N6O3S/c1-17-3-6-20(15-21(17)28-22-24-9-2-10-25-22)27-23(30)26-19-7-4-18(5-8-19)16-29-11-13-33(31,32)14-12-29/h2-10,15H,11-14,16H2,1H3,(H,24,25,28)(H2,26,27,30). The smallest absolute Gasteiger partial charge is 0.323 e. The molecule has 0 spiro atoms. The fourth-order valence-electron chi connectivity index (χ4n) is 3.47. The Balaban J connectivity index is 1.32. The largest absolute Gasteiger partial charge is 0.324 e. The first-order valence-corrected chi connectivity index (χ1v) is 12.4. The minimum Gasteiger partial charge on any atom is -0.324 e. The van der Waals surface area contributed by atoms with Crippen LogP contribution in [0.5, 0.6) is 0 Å². The fourth-order valence-corrected chi connectivity index (χ4v) is 4.75. The lowest BCUT2D eigenvalue weighted by Crippen LogP contribution is -2.39. The molecule has 0 aliphatic carbocycles. The van der Waals surface area contributed by atoms with Crippen molar-refractivity contribution < 1.29 is 13.2 Å². The predicted molar refractivity (Wildman–Crippen MR) is 130 cm³/mol. The molecule has 0 radical (unpaired) electrons. The van der Waals surface area contributed by atoms with E-state index in [9.17, 15) is 13.2 Å². The normalized spacial score (nSPS) is 15.5. The van der Waals surface area contributed by atoms with Crippen molar-refractivity contribution in [3.63, 3.8) is 0 Å². The van der Waals surface area contributed by atoms with Gasteiger partial charge in [0.25, 0.3) is 0 Å². The van der Waals surface area contributed by atoms with Crippen LogP contribution in [0, 0.1) is 6.92 Å². The van der Waals surface area contributed by atoms with E-state index in [0.717, 1.165) is 16.8 Å². The Morgan fingerprint density at radius 3 is 2.30 bits per heavy atom. The molecule has 9 nitrogen and oxygen atoms in total. The number of amides is 2. The van der Waals surface area contributed by atoms with Gasteiger partial charge in [0.2, 0.25) is 5.95 Å². The highest BCUT2D eigenvalue weighted by Gasteiger charge is 2.21. The molecule has 3 aromatic rings. The van der Waals surface area contributed by atoms with Crippen LogP contribution >= 0.6 is 0 Å². The molecule has 0 saturated carbocycles. The van der Waals surface area contributed by atoms with Gasteiger partial charge in [0.15, 0.2) is 9.84 Å². The number of hydrogen-bond acceptors (Lipinski definition) is 7. The Morgan fingerprint density at radius 1 is 0.970 bits per heavy atom. The van der Waals surface area contributed by atoms with Crippen LogP contribution in [0.4, 0.5) is 27.8 Å². The summed E-state index contributed by atoms with van der Waals surface area (Å²) in [7, 11) is -2.88. The number of aromatic nitrogens is 2. The third kappa shape index (κ3) is 6.50. The van der Waals surface area contributed by atoms with Crippen molar-refractivity contribution in [1.29, 1.82) is 0 Å². The SMILES string of the molecule is Cc1ccc(NC(=O)Nc2ccc(CN3CCS(=O)(=O)CC3)cc2)cc1Nc1ncccn1. The van der Waals surface area contributed by atoms with Crippen molar-refractivity contribution in [2.75, 3.05) is 40.5 Å². The van der Waals surface area contributed by atoms with Crippen LogP contribution in [0.15, 0.2) is 60.9 Å². The van der Waals surface area contributed by atoms with Crippen LogP contribution < -0.4 is 16.0 Å². The molecule has 10 heteroatoms. The van der Waals surface area contributed by atoms with Crippen LogP contribution in [0.2, 0.25) is 0 Å². The van der Waals surface area contributed by atoms with Crippen molar-refractivity contribution in [3.05, 3.63) is 72.1 Å². The molecule has 0 bridgehead atoms. The number of aryl methyl sites for hydroxylation is 1. The second-order valence-electron chi connectivity index (χ2n) is 7.93. The summed E-state index contributed by atoms with van der Waals surface area (Å²) >= 11 is 0. The molecule has 3 N–H and O–H groups in total. The minimum atomic E-state index is -2.88. The quantitative estimate of drug-likeness (QED) is 0.510. The van der Waals surface area contributed by atoms with Crippen LogP contribution in [0.25, 0.3) is 0 Å². The zero-order chi connectivity index (χ0) is 23.3. The van der Waals surface area contributed by atoms with Crippen LogP contribution in [0.1, 0.15) is 11.1 Å². The van der Waals surface area contributed by atoms with Gasteiger partial charge in [0.05, 0.1) is 11.5 Å². The number of anilines is 4. The number of urea groups is 1. The number of sulfone groups is 1. The second-order valence-corrected chi connectivity index (χ2v) is 10.2. The Bertz CT molecular complexity index is 1200. The van der Waals surface area contributed by atoms with E-state index in [0.29, 0.717) is 37.0 Å². The lowest BCUT2D eigenvalue weighted by atomic mass is 10.2. The summed E-state index contributed by atoms with van der Waals surface area (Å²) in [6, 6.07) is 14.5. The van der Waals surface area contributed by atoms with Crippen molar-refractivity contribution in [1.82, 2.24) is 14.9 Å². The number of benzene rings is 2. The first-order valence-electron chi connectivity index (χ1n) is 10.6. The van der Waals surface area contributed by atoms with Crippen molar-refractivity contribution >= 4 is 38.9 Å². The van der Waals surface area contributed by atoms with Crippen molar-refractivity contribution in [3.8, 4) is 0 Å². The van der Waals surface area contributed by atoms with Gasteiger partial charge < -0.3 is 16.0 Å². The molecular formula is C23H26N6O3S. The number of carbonyl (C=O) groups is 1.